The summed E-state index contributed by atoms with van der Waals surface area (Å²) in [4.78, 5) is 14.0. The second-order valence-electron chi connectivity index (χ2n) is 4.84. The van der Waals surface area contributed by atoms with Crippen LogP contribution in [0.2, 0.25) is 0 Å². The van der Waals surface area contributed by atoms with Crippen LogP contribution in [0, 0.1) is 5.92 Å². The van der Waals surface area contributed by atoms with Crippen molar-refractivity contribution in [1.29, 1.82) is 0 Å². The number of carbonyl (C=O) groups is 1. The smallest absolute Gasteiger partial charge is 0.324 e. The molecule has 0 fully saturated rings. The van der Waals surface area contributed by atoms with E-state index in [2.05, 4.69) is 32.6 Å². The van der Waals surface area contributed by atoms with Crippen LogP contribution in [-0.2, 0) is 9.53 Å². The first-order valence-electron chi connectivity index (χ1n) is 6.55. The number of nitrogens with zero attached hydrogens (tertiary/aromatic N) is 1. The summed E-state index contributed by atoms with van der Waals surface area (Å²) in [5.41, 5.74) is 5.73. The number of nitrogens with two attached hydrogens (primary N) is 1. The zero-order valence-corrected chi connectivity index (χ0v) is 11.9. The fraction of sp³-hybridized carbons (Fsp3) is 0.923. The number of carbonyl (C=O) groups excluding carboxylic acids is 1. The van der Waals surface area contributed by atoms with E-state index in [4.69, 9.17) is 10.5 Å². The molecule has 0 aromatic carbocycles. The van der Waals surface area contributed by atoms with E-state index in [1.54, 1.807) is 0 Å². The highest BCUT2D eigenvalue weighted by Crippen LogP contribution is 2.15. The molecule has 0 aromatic rings. The zero-order chi connectivity index (χ0) is 13.4. The Morgan fingerprint density at radius 1 is 1.29 bits per heavy atom. The molecule has 17 heavy (non-hydrogen) atoms. The van der Waals surface area contributed by atoms with E-state index in [0.717, 1.165) is 19.4 Å². The van der Waals surface area contributed by atoms with Crippen molar-refractivity contribution in [2.45, 2.75) is 52.6 Å². The summed E-state index contributed by atoms with van der Waals surface area (Å²) >= 11 is 0. The number of hydrogen-bond donors (Lipinski definition) is 1. The lowest BCUT2D eigenvalue weighted by Gasteiger charge is -2.36. The molecular weight excluding hydrogens is 216 g/mol. The molecule has 0 bridgehead atoms. The predicted molar refractivity (Wildman–Crippen MR) is 70.8 cm³/mol. The van der Waals surface area contributed by atoms with Crippen LogP contribution in [-0.4, -0.2) is 43.2 Å². The second-order valence-corrected chi connectivity index (χ2v) is 4.84. The van der Waals surface area contributed by atoms with E-state index < -0.39 is 0 Å². The summed E-state index contributed by atoms with van der Waals surface area (Å²) in [5, 5.41) is 0. The molecule has 0 aliphatic rings. The summed E-state index contributed by atoms with van der Waals surface area (Å²) in [6.45, 7) is 9.79. The van der Waals surface area contributed by atoms with E-state index in [0.29, 0.717) is 18.5 Å². The SMILES string of the molecule is CCC(CC)N(CC(C)C)C(CN)C(=O)OC. The zero-order valence-electron chi connectivity index (χ0n) is 11.9. The molecule has 0 aliphatic carbocycles. The van der Waals surface area contributed by atoms with Crippen molar-refractivity contribution in [3.63, 3.8) is 0 Å². The van der Waals surface area contributed by atoms with Gasteiger partial charge in [0.1, 0.15) is 6.04 Å². The van der Waals surface area contributed by atoms with Gasteiger partial charge in [-0.1, -0.05) is 27.7 Å². The Balaban J connectivity index is 4.90. The van der Waals surface area contributed by atoms with Crippen LogP contribution in [0.3, 0.4) is 0 Å². The monoisotopic (exact) mass is 244 g/mol. The number of ether oxygens (including phenoxy) is 1. The normalized spacial score (nSPS) is 13.5. The van der Waals surface area contributed by atoms with Crippen LogP contribution in [0.1, 0.15) is 40.5 Å². The van der Waals surface area contributed by atoms with Gasteiger partial charge in [-0.15, -0.1) is 0 Å². The summed E-state index contributed by atoms with van der Waals surface area (Å²) < 4.78 is 4.84. The van der Waals surface area contributed by atoms with Crippen molar-refractivity contribution in [3.8, 4) is 0 Å². The van der Waals surface area contributed by atoms with Gasteiger partial charge in [-0.2, -0.15) is 0 Å². The maximum Gasteiger partial charge on any atom is 0.324 e. The van der Waals surface area contributed by atoms with Gasteiger partial charge in [0.25, 0.3) is 0 Å². The Morgan fingerprint density at radius 2 is 1.82 bits per heavy atom. The molecule has 4 nitrogen and oxygen atoms in total. The third-order valence-electron chi connectivity index (χ3n) is 3.08. The van der Waals surface area contributed by atoms with Crippen LogP contribution >= 0.6 is 0 Å². The van der Waals surface area contributed by atoms with E-state index in [-0.39, 0.29) is 12.0 Å². The largest absolute Gasteiger partial charge is 0.468 e. The van der Waals surface area contributed by atoms with Crippen LogP contribution < -0.4 is 5.73 Å². The molecule has 0 aliphatic heterocycles. The number of rotatable bonds is 8. The van der Waals surface area contributed by atoms with Crippen molar-refractivity contribution in [2.75, 3.05) is 20.2 Å². The number of esters is 1. The predicted octanol–water partition coefficient (Wildman–Crippen LogP) is 1.63. The minimum Gasteiger partial charge on any atom is -0.468 e. The minimum atomic E-state index is -0.313. The second kappa shape index (κ2) is 8.48. The highest BCUT2D eigenvalue weighted by Gasteiger charge is 2.29. The lowest BCUT2D eigenvalue weighted by atomic mass is 10.0. The van der Waals surface area contributed by atoms with E-state index in [1.807, 2.05) is 0 Å². The highest BCUT2D eigenvalue weighted by molar-refractivity contribution is 5.76. The fourth-order valence-electron chi connectivity index (χ4n) is 2.21. The summed E-state index contributed by atoms with van der Waals surface area (Å²) in [7, 11) is 1.42. The van der Waals surface area contributed by atoms with Crippen LogP contribution in [0.4, 0.5) is 0 Å². The van der Waals surface area contributed by atoms with Crippen LogP contribution in [0.5, 0.6) is 0 Å². The Labute approximate surface area is 105 Å². The van der Waals surface area contributed by atoms with Crippen molar-refractivity contribution in [1.82, 2.24) is 4.90 Å². The van der Waals surface area contributed by atoms with Crippen molar-refractivity contribution in [2.24, 2.45) is 11.7 Å². The van der Waals surface area contributed by atoms with Crippen molar-refractivity contribution < 1.29 is 9.53 Å². The van der Waals surface area contributed by atoms with Gasteiger partial charge in [-0.05, 0) is 18.8 Å². The van der Waals surface area contributed by atoms with Gasteiger partial charge in [-0.25, -0.2) is 0 Å². The molecule has 0 radical (unpaired) electrons. The number of hydrogen-bond acceptors (Lipinski definition) is 4. The number of methoxy groups -OCH3 is 1. The van der Waals surface area contributed by atoms with Crippen LogP contribution in [0.25, 0.3) is 0 Å². The molecule has 1 atom stereocenters. The van der Waals surface area contributed by atoms with E-state index in [1.165, 1.54) is 7.11 Å². The Bertz CT molecular complexity index is 215. The first kappa shape index (κ1) is 16.4. The van der Waals surface area contributed by atoms with Gasteiger partial charge < -0.3 is 10.5 Å². The summed E-state index contributed by atoms with van der Waals surface area (Å²) in [5.74, 6) is 0.286. The minimum absolute atomic E-state index is 0.222. The summed E-state index contributed by atoms with van der Waals surface area (Å²) in [6, 6.07) is 0.0809. The van der Waals surface area contributed by atoms with Crippen molar-refractivity contribution >= 4 is 5.97 Å². The lowest BCUT2D eigenvalue weighted by Crippen LogP contribution is -2.52. The van der Waals surface area contributed by atoms with E-state index in [9.17, 15) is 4.79 Å². The maximum atomic E-state index is 11.8. The molecule has 0 heterocycles. The Morgan fingerprint density at radius 3 is 2.12 bits per heavy atom. The molecule has 0 aromatic heterocycles. The quantitative estimate of drug-likeness (QED) is 0.659. The van der Waals surface area contributed by atoms with Crippen LogP contribution in [0.15, 0.2) is 0 Å². The van der Waals surface area contributed by atoms with Gasteiger partial charge in [0.2, 0.25) is 0 Å². The molecule has 4 heteroatoms. The Hall–Kier alpha value is -0.610. The molecule has 0 saturated heterocycles. The topological polar surface area (TPSA) is 55.6 Å². The molecule has 0 amide bonds. The average Bonchev–Trinajstić information content (AvgIpc) is 2.30. The van der Waals surface area contributed by atoms with Gasteiger partial charge in [-0.3, -0.25) is 9.69 Å². The maximum absolute atomic E-state index is 11.8. The molecule has 1 unspecified atom stereocenters. The first-order valence-corrected chi connectivity index (χ1v) is 6.55. The summed E-state index contributed by atoms with van der Waals surface area (Å²) in [6.07, 6.45) is 2.05. The highest BCUT2D eigenvalue weighted by atomic mass is 16.5. The molecule has 0 rings (SSSR count). The average molecular weight is 244 g/mol. The fourth-order valence-corrected chi connectivity index (χ4v) is 2.21. The van der Waals surface area contributed by atoms with Crippen molar-refractivity contribution in [3.05, 3.63) is 0 Å². The molecule has 0 spiro atoms. The first-order chi connectivity index (χ1) is 8.01. The van der Waals surface area contributed by atoms with Gasteiger partial charge in [0.15, 0.2) is 0 Å². The van der Waals surface area contributed by atoms with Gasteiger partial charge in [0, 0.05) is 19.1 Å². The third-order valence-corrected chi connectivity index (χ3v) is 3.08. The molecule has 102 valence electrons. The molecule has 2 N–H and O–H groups in total. The lowest BCUT2D eigenvalue weighted by molar-refractivity contribution is -0.148. The van der Waals surface area contributed by atoms with Gasteiger partial charge >= 0.3 is 5.97 Å². The molecular formula is C13H28N2O2. The standard InChI is InChI=1S/C13H28N2O2/c1-6-11(7-2)15(9-10(3)4)12(8-14)13(16)17-5/h10-12H,6-9,14H2,1-5H3. The third kappa shape index (κ3) is 5.04. The molecule has 0 saturated carbocycles. The van der Waals surface area contributed by atoms with E-state index >= 15 is 0 Å². The van der Waals surface area contributed by atoms with Gasteiger partial charge in [0.05, 0.1) is 7.11 Å². The Kier molecular flexibility index (Phi) is 8.17.